The van der Waals surface area contributed by atoms with Gasteiger partial charge in [-0.3, -0.25) is 9.78 Å². The van der Waals surface area contributed by atoms with Gasteiger partial charge in [-0.25, -0.2) is 15.0 Å². The van der Waals surface area contributed by atoms with Crippen LogP contribution in [0.4, 0.5) is 0 Å². The lowest BCUT2D eigenvalue weighted by atomic mass is 10.1. The second-order valence-electron chi connectivity index (χ2n) is 8.06. The van der Waals surface area contributed by atoms with Crippen molar-refractivity contribution in [3.63, 3.8) is 0 Å². The predicted molar refractivity (Wildman–Crippen MR) is 113 cm³/mol. The van der Waals surface area contributed by atoms with Gasteiger partial charge in [0.2, 0.25) is 0 Å². The van der Waals surface area contributed by atoms with Crippen LogP contribution in [0.3, 0.4) is 0 Å². The molecule has 0 bridgehead atoms. The lowest BCUT2D eigenvalue weighted by Crippen LogP contribution is -2.38. The van der Waals surface area contributed by atoms with Crippen LogP contribution in [0.1, 0.15) is 71.9 Å². The van der Waals surface area contributed by atoms with Crippen molar-refractivity contribution < 1.29 is 9.53 Å². The van der Waals surface area contributed by atoms with Gasteiger partial charge in [0.15, 0.2) is 5.65 Å². The van der Waals surface area contributed by atoms with Crippen LogP contribution in [0.15, 0.2) is 18.6 Å². The van der Waals surface area contributed by atoms with E-state index in [1.807, 2.05) is 32.3 Å². The largest absolute Gasteiger partial charge is 0.376 e. The number of hydrogen-bond acceptors (Lipinski definition) is 7. The van der Waals surface area contributed by atoms with Crippen LogP contribution in [0.5, 0.6) is 0 Å². The van der Waals surface area contributed by atoms with Gasteiger partial charge in [0.05, 0.1) is 23.6 Å². The first-order chi connectivity index (χ1) is 14.9. The van der Waals surface area contributed by atoms with Gasteiger partial charge in [-0.15, -0.1) is 0 Å². The molecule has 0 aliphatic carbocycles. The van der Waals surface area contributed by atoms with Gasteiger partial charge >= 0.3 is 0 Å². The molecule has 4 heterocycles. The number of nitrogens with zero attached hydrogens (tertiary/aromatic N) is 6. The average Bonchev–Trinajstić information content (AvgIpc) is 3.41. The Morgan fingerprint density at radius 2 is 2.06 bits per heavy atom. The Balaban J connectivity index is 1.82. The summed E-state index contributed by atoms with van der Waals surface area (Å²) in [6, 6.07) is 1.72. The third-order valence-electron chi connectivity index (χ3n) is 5.54. The fraction of sp³-hybridized carbons (Fsp3) is 0.455. The summed E-state index contributed by atoms with van der Waals surface area (Å²) in [7, 11) is 0. The molecule has 2 atom stereocenters. The van der Waals surface area contributed by atoms with E-state index in [9.17, 15) is 10.1 Å². The number of rotatable bonds is 5. The van der Waals surface area contributed by atoms with Gasteiger partial charge in [0.1, 0.15) is 29.1 Å². The van der Waals surface area contributed by atoms with Crippen molar-refractivity contribution in [2.24, 2.45) is 0 Å². The van der Waals surface area contributed by atoms with E-state index in [0.29, 0.717) is 29.2 Å². The van der Waals surface area contributed by atoms with E-state index < -0.39 is 6.04 Å². The Hall–Kier alpha value is -3.38. The molecule has 0 aromatic carbocycles. The van der Waals surface area contributed by atoms with Crippen LogP contribution in [-0.2, 0) is 4.74 Å². The van der Waals surface area contributed by atoms with Gasteiger partial charge in [-0.2, -0.15) is 5.26 Å². The first-order valence-corrected chi connectivity index (χ1v) is 10.4. The highest BCUT2D eigenvalue weighted by atomic mass is 16.5. The van der Waals surface area contributed by atoms with E-state index in [1.165, 1.54) is 6.20 Å². The Bertz CT molecular complexity index is 1160. The fourth-order valence-corrected chi connectivity index (χ4v) is 3.92. The number of nitrogens with one attached hydrogen (secondary N) is 1. The quantitative estimate of drug-likeness (QED) is 0.675. The minimum Gasteiger partial charge on any atom is -0.376 e. The molecule has 1 N–H and O–H groups in total. The standard InChI is InChI=1S/C22H25N7O2/c1-12(2)29-20-18(14(4)15(8-23)10-26-20)27-21(29)19(17-6-5-7-31-17)28-22(30)16-11-24-13(3)9-25-16/h9-12,17,19H,5-7H2,1-4H3,(H,28,30)/t17-,19+/m1/s1. The number of imidazole rings is 1. The Morgan fingerprint density at radius 3 is 2.68 bits per heavy atom. The smallest absolute Gasteiger partial charge is 0.272 e. The molecule has 1 fully saturated rings. The first-order valence-electron chi connectivity index (χ1n) is 10.4. The van der Waals surface area contributed by atoms with Crippen molar-refractivity contribution in [1.82, 2.24) is 29.8 Å². The van der Waals surface area contributed by atoms with E-state index >= 15 is 0 Å². The van der Waals surface area contributed by atoms with E-state index in [4.69, 9.17) is 9.72 Å². The van der Waals surface area contributed by atoms with E-state index in [2.05, 4.69) is 26.3 Å². The van der Waals surface area contributed by atoms with Gasteiger partial charge < -0.3 is 14.6 Å². The summed E-state index contributed by atoms with van der Waals surface area (Å²) in [6.07, 6.45) is 6.11. The highest BCUT2D eigenvalue weighted by molar-refractivity contribution is 5.92. The summed E-state index contributed by atoms with van der Waals surface area (Å²) in [4.78, 5) is 30.7. The SMILES string of the molecule is Cc1cnc(C(=O)N[C@H](c2nc3c(C)c(C#N)cnc3n2C(C)C)[C@H]2CCCO2)cn1. The van der Waals surface area contributed by atoms with Crippen LogP contribution in [0, 0.1) is 25.2 Å². The summed E-state index contributed by atoms with van der Waals surface area (Å²) < 4.78 is 7.97. The Morgan fingerprint density at radius 1 is 1.26 bits per heavy atom. The second kappa shape index (κ2) is 8.40. The maximum atomic E-state index is 13.0. The van der Waals surface area contributed by atoms with Crippen molar-refractivity contribution in [3.8, 4) is 6.07 Å². The summed E-state index contributed by atoms with van der Waals surface area (Å²) >= 11 is 0. The molecule has 1 aliphatic rings. The van der Waals surface area contributed by atoms with E-state index in [-0.39, 0.29) is 23.7 Å². The number of amides is 1. The minimum absolute atomic E-state index is 0.0415. The number of pyridine rings is 1. The van der Waals surface area contributed by atoms with Crippen molar-refractivity contribution in [3.05, 3.63) is 46.9 Å². The zero-order chi connectivity index (χ0) is 22.1. The molecule has 3 aromatic rings. The van der Waals surface area contributed by atoms with Crippen molar-refractivity contribution in [2.75, 3.05) is 6.61 Å². The Labute approximate surface area is 180 Å². The summed E-state index contributed by atoms with van der Waals surface area (Å²) in [5.41, 5.74) is 3.59. The van der Waals surface area contributed by atoms with Gasteiger partial charge in [0, 0.05) is 25.0 Å². The monoisotopic (exact) mass is 419 g/mol. The molecule has 0 radical (unpaired) electrons. The first kappa shape index (κ1) is 20.9. The maximum absolute atomic E-state index is 13.0. The van der Waals surface area contributed by atoms with Crippen LogP contribution < -0.4 is 5.32 Å². The average molecular weight is 419 g/mol. The summed E-state index contributed by atoms with van der Waals surface area (Å²) in [5.74, 6) is 0.328. The number of fused-ring (bicyclic) bond motifs is 1. The second-order valence-corrected chi connectivity index (χ2v) is 8.06. The lowest BCUT2D eigenvalue weighted by molar-refractivity contribution is 0.0640. The summed E-state index contributed by atoms with van der Waals surface area (Å²) in [5, 5.41) is 12.5. The molecule has 4 rings (SSSR count). The van der Waals surface area contributed by atoms with Crippen molar-refractivity contribution in [1.29, 1.82) is 5.26 Å². The van der Waals surface area contributed by atoms with Crippen LogP contribution in [0.25, 0.3) is 11.2 Å². The third-order valence-corrected chi connectivity index (χ3v) is 5.54. The highest BCUT2D eigenvalue weighted by Gasteiger charge is 2.34. The number of carbonyl (C=O) groups is 1. The maximum Gasteiger partial charge on any atom is 0.272 e. The molecule has 1 saturated heterocycles. The lowest BCUT2D eigenvalue weighted by Gasteiger charge is -2.25. The number of aromatic nitrogens is 5. The minimum atomic E-state index is -0.486. The van der Waals surface area contributed by atoms with Crippen LogP contribution in [-0.4, -0.2) is 43.1 Å². The van der Waals surface area contributed by atoms with Crippen molar-refractivity contribution in [2.45, 2.75) is 58.7 Å². The number of nitriles is 1. The molecule has 9 nitrogen and oxygen atoms in total. The number of ether oxygens (including phenoxy) is 1. The third kappa shape index (κ3) is 3.86. The molecule has 0 unspecified atom stereocenters. The number of aryl methyl sites for hydroxylation is 2. The molecular formula is C22H25N7O2. The molecule has 0 saturated carbocycles. The molecule has 31 heavy (non-hydrogen) atoms. The molecule has 3 aromatic heterocycles. The van der Waals surface area contributed by atoms with E-state index in [0.717, 1.165) is 24.1 Å². The molecule has 0 spiro atoms. The van der Waals surface area contributed by atoms with Gasteiger partial charge in [-0.05, 0) is 46.1 Å². The summed E-state index contributed by atoms with van der Waals surface area (Å²) in [6.45, 7) is 8.41. The van der Waals surface area contributed by atoms with Crippen LogP contribution in [0.2, 0.25) is 0 Å². The zero-order valence-electron chi connectivity index (χ0n) is 18.1. The Kier molecular flexibility index (Phi) is 5.65. The molecular weight excluding hydrogens is 394 g/mol. The van der Waals surface area contributed by atoms with Crippen LogP contribution >= 0.6 is 0 Å². The molecule has 1 aliphatic heterocycles. The zero-order valence-corrected chi connectivity index (χ0v) is 18.1. The number of hydrogen-bond donors (Lipinski definition) is 1. The topological polar surface area (TPSA) is 119 Å². The van der Waals surface area contributed by atoms with Gasteiger partial charge in [-0.1, -0.05) is 0 Å². The fourth-order valence-electron chi connectivity index (χ4n) is 3.92. The van der Waals surface area contributed by atoms with E-state index in [1.54, 1.807) is 12.4 Å². The molecule has 160 valence electrons. The molecule has 1 amide bonds. The van der Waals surface area contributed by atoms with Crippen molar-refractivity contribution >= 4 is 17.1 Å². The predicted octanol–water partition coefficient (Wildman–Crippen LogP) is 2.94. The normalized spacial score (nSPS) is 17.1. The molecule has 9 heteroatoms. The number of carbonyl (C=O) groups excluding carboxylic acids is 1. The van der Waals surface area contributed by atoms with Gasteiger partial charge in [0.25, 0.3) is 5.91 Å². The highest BCUT2D eigenvalue weighted by Crippen LogP contribution is 2.32.